The van der Waals surface area contributed by atoms with E-state index in [4.69, 9.17) is 0 Å². The van der Waals surface area contributed by atoms with E-state index >= 15 is 0 Å². The summed E-state index contributed by atoms with van der Waals surface area (Å²) in [4.78, 5) is 18.0. The van der Waals surface area contributed by atoms with Gasteiger partial charge in [-0.3, -0.25) is 9.69 Å². The minimum absolute atomic E-state index is 0.0605. The van der Waals surface area contributed by atoms with Gasteiger partial charge in [-0.2, -0.15) is 0 Å². The molecular weight excluding hydrogens is 190 g/mol. The lowest BCUT2D eigenvalue weighted by Gasteiger charge is -2.36. The van der Waals surface area contributed by atoms with Gasteiger partial charge in [0.15, 0.2) is 0 Å². The molecule has 4 nitrogen and oxygen atoms in total. The molecule has 0 radical (unpaired) electrons. The molecule has 0 bridgehead atoms. The summed E-state index contributed by atoms with van der Waals surface area (Å²) in [6.45, 7) is 10.5. The molecule has 2 rings (SSSR count). The third-order valence-corrected chi connectivity index (χ3v) is 2.80. The number of nitrogens with zero attached hydrogens (tertiary/aromatic N) is 2. The molecule has 2 aliphatic rings. The number of aliphatic imine (C=N–C) groups is 1. The van der Waals surface area contributed by atoms with E-state index in [2.05, 4.69) is 16.9 Å². The van der Waals surface area contributed by atoms with Gasteiger partial charge in [-0.25, -0.2) is 4.99 Å². The Morgan fingerprint density at radius 1 is 1.67 bits per heavy atom. The van der Waals surface area contributed by atoms with Gasteiger partial charge in [0.1, 0.15) is 0 Å². The predicted octanol–water partition coefficient (Wildman–Crippen LogP) is 0.901. The summed E-state index contributed by atoms with van der Waals surface area (Å²) in [7, 11) is 0. The zero-order valence-corrected chi connectivity index (χ0v) is 9.50. The first-order valence-corrected chi connectivity index (χ1v) is 5.21. The average Bonchev–Trinajstić information content (AvgIpc) is 2.45. The molecule has 0 unspecified atom stereocenters. The van der Waals surface area contributed by atoms with Gasteiger partial charge in [-0.15, -0.1) is 0 Å². The van der Waals surface area contributed by atoms with Crippen molar-refractivity contribution in [3.05, 3.63) is 12.2 Å². The molecule has 0 aliphatic carbocycles. The summed E-state index contributed by atoms with van der Waals surface area (Å²) >= 11 is 0. The van der Waals surface area contributed by atoms with Crippen LogP contribution in [0.4, 0.5) is 0 Å². The Labute approximate surface area is 90.1 Å². The number of guanidine groups is 1. The number of carbonyl (C=O) groups is 1. The van der Waals surface area contributed by atoms with Gasteiger partial charge in [-0.05, 0) is 20.8 Å². The summed E-state index contributed by atoms with van der Waals surface area (Å²) in [6.07, 6.45) is 0.523. The Balaban J connectivity index is 2.24. The van der Waals surface area contributed by atoms with Crippen LogP contribution in [0.3, 0.4) is 0 Å². The van der Waals surface area contributed by atoms with Crippen LogP contribution in [-0.2, 0) is 4.79 Å². The van der Waals surface area contributed by atoms with Crippen molar-refractivity contribution in [2.24, 2.45) is 4.99 Å². The highest BCUT2D eigenvalue weighted by Gasteiger charge is 2.39. The number of hydrogen-bond acceptors (Lipinski definition) is 3. The van der Waals surface area contributed by atoms with E-state index in [1.807, 2.05) is 20.8 Å². The third kappa shape index (κ3) is 1.76. The Bertz CT molecular complexity index is 357. The largest absolute Gasteiger partial charge is 0.350 e. The minimum atomic E-state index is -0.184. The van der Waals surface area contributed by atoms with Gasteiger partial charge in [0.05, 0.1) is 12.6 Å². The van der Waals surface area contributed by atoms with Crippen LogP contribution in [0, 0.1) is 0 Å². The highest BCUT2D eigenvalue weighted by molar-refractivity contribution is 6.01. The van der Waals surface area contributed by atoms with E-state index in [1.54, 1.807) is 4.90 Å². The lowest BCUT2D eigenvalue weighted by molar-refractivity contribution is -0.129. The lowest BCUT2D eigenvalue weighted by Crippen LogP contribution is -2.58. The molecule has 1 saturated heterocycles. The van der Waals surface area contributed by atoms with Crippen molar-refractivity contribution in [2.75, 3.05) is 6.54 Å². The fourth-order valence-electron chi connectivity index (χ4n) is 1.92. The maximum absolute atomic E-state index is 11.8. The number of hydrogen-bond donors (Lipinski definition) is 1. The van der Waals surface area contributed by atoms with E-state index in [0.29, 0.717) is 18.9 Å². The molecule has 1 fully saturated rings. The fourth-order valence-corrected chi connectivity index (χ4v) is 1.92. The highest BCUT2D eigenvalue weighted by Crippen LogP contribution is 2.23. The zero-order valence-electron chi connectivity index (χ0n) is 9.50. The number of rotatable bonds is 1. The molecule has 82 valence electrons. The van der Waals surface area contributed by atoms with Crippen LogP contribution in [0.1, 0.15) is 27.2 Å². The van der Waals surface area contributed by atoms with Gasteiger partial charge in [-0.1, -0.05) is 12.2 Å². The quantitative estimate of drug-likeness (QED) is 0.649. The maximum atomic E-state index is 11.8. The van der Waals surface area contributed by atoms with Gasteiger partial charge in [0, 0.05) is 12.0 Å². The van der Waals surface area contributed by atoms with Crippen LogP contribution in [0.2, 0.25) is 0 Å². The number of fused-ring (bicyclic) bond motifs is 1. The second kappa shape index (κ2) is 3.08. The van der Waals surface area contributed by atoms with Gasteiger partial charge in [0.25, 0.3) is 0 Å². The van der Waals surface area contributed by atoms with Crippen LogP contribution < -0.4 is 5.32 Å². The Hall–Kier alpha value is -1.32. The van der Waals surface area contributed by atoms with E-state index in [0.717, 1.165) is 5.57 Å². The van der Waals surface area contributed by atoms with E-state index in [9.17, 15) is 4.79 Å². The Morgan fingerprint density at radius 2 is 2.33 bits per heavy atom. The second-order valence-corrected chi connectivity index (χ2v) is 5.00. The molecule has 0 saturated carbocycles. The molecule has 0 spiro atoms. The summed E-state index contributed by atoms with van der Waals surface area (Å²) < 4.78 is 0. The second-order valence-electron chi connectivity index (χ2n) is 5.00. The van der Waals surface area contributed by atoms with Crippen molar-refractivity contribution in [3.8, 4) is 0 Å². The summed E-state index contributed by atoms with van der Waals surface area (Å²) in [5, 5.41) is 3.28. The van der Waals surface area contributed by atoms with Crippen molar-refractivity contribution < 1.29 is 4.79 Å². The normalized spacial score (nSPS) is 28.2. The Kier molecular flexibility index (Phi) is 2.10. The molecule has 1 amide bonds. The van der Waals surface area contributed by atoms with Crippen LogP contribution >= 0.6 is 0 Å². The van der Waals surface area contributed by atoms with Crippen molar-refractivity contribution in [1.29, 1.82) is 0 Å². The summed E-state index contributed by atoms with van der Waals surface area (Å²) in [5.74, 6) is 0.866. The highest BCUT2D eigenvalue weighted by atomic mass is 16.2. The fraction of sp³-hybridized carbons (Fsp3) is 0.636. The van der Waals surface area contributed by atoms with Gasteiger partial charge in [0.2, 0.25) is 11.9 Å². The molecule has 2 heterocycles. The molecule has 4 heteroatoms. The zero-order chi connectivity index (χ0) is 11.2. The first-order valence-electron chi connectivity index (χ1n) is 5.21. The maximum Gasteiger partial charge on any atom is 0.231 e. The van der Waals surface area contributed by atoms with Gasteiger partial charge >= 0.3 is 0 Å². The lowest BCUT2D eigenvalue weighted by atomic mass is 9.98. The molecular formula is C11H17N3O. The van der Waals surface area contributed by atoms with Crippen molar-refractivity contribution in [3.63, 3.8) is 0 Å². The number of nitrogens with one attached hydrogen (secondary N) is 1. The van der Waals surface area contributed by atoms with Crippen LogP contribution in [0.25, 0.3) is 0 Å². The minimum Gasteiger partial charge on any atom is -0.350 e. The van der Waals surface area contributed by atoms with Crippen molar-refractivity contribution in [2.45, 2.75) is 38.8 Å². The summed E-state index contributed by atoms with van der Waals surface area (Å²) in [5.41, 5.74) is 0.820. The van der Waals surface area contributed by atoms with Crippen molar-refractivity contribution >= 4 is 11.9 Å². The topological polar surface area (TPSA) is 44.7 Å². The van der Waals surface area contributed by atoms with E-state index in [1.165, 1.54) is 0 Å². The van der Waals surface area contributed by atoms with Crippen molar-refractivity contribution in [1.82, 2.24) is 10.2 Å². The first-order chi connectivity index (χ1) is 6.89. The smallest absolute Gasteiger partial charge is 0.231 e. The first kappa shape index (κ1) is 10.2. The molecule has 15 heavy (non-hydrogen) atoms. The number of amides is 1. The summed E-state index contributed by atoms with van der Waals surface area (Å²) in [6, 6.07) is 0.0605. The van der Waals surface area contributed by atoms with Gasteiger partial charge < -0.3 is 5.32 Å². The monoisotopic (exact) mass is 207 g/mol. The SMILES string of the molecule is C=C(C)[C@H]1CN2C(=O)CC(C)(C)NC2=N1. The molecule has 2 aliphatic heterocycles. The number of carbonyl (C=O) groups excluding carboxylic acids is 1. The standard InChI is InChI=1S/C11H17N3O/c1-7(2)8-6-14-9(15)5-11(3,4)13-10(14)12-8/h8H,1,5-6H2,2-4H3,(H,12,13)/t8-/m1/s1. The molecule has 0 aromatic heterocycles. The van der Waals surface area contributed by atoms with E-state index < -0.39 is 0 Å². The Morgan fingerprint density at radius 3 is 2.93 bits per heavy atom. The van der Waals surface area contributed by atoms with Crippen LogP contribution in [0.5, 0.6) is 0 Å². The predicted molar refractivity (Wildman–Crippen MR) is 59.6 cm³/mol. The average molecular weight is 207 g/mol. The molecule has 1 N–H and O–H groups in total. The van der Waals surface area contributed by atoms with E-state index in [-0.39, 0.29) is 17.5 Å². The molecule has 1 atom stereocenters. The van der Waals surface area contributed by atoms with Crippen LogP contribution in [0.15, 0.2) is 17.1 Å². The third-order valence-electron chi connectivity index (χ3n) is 2.80. The van der Waals surface area contributed by atoms with Crippen LogP contribution in [-0.4, -0.2) is 34.9 Å². The molecule has 0 aromatic carbocycles. The molecule has 0 aromatic rings.